The Hall–Kier alpha value is -6.36. The van der Waals surface area contributed by atoms with E-state index in [2.05, 4.69) is 91.8 Å². The maximum Gasteiger partial charge on any atom is 0.331 e. The third kappa shape index (κ3) is 11.7. The molecule has 96 heavy (non-hydrogen) atoms. The van der Waals surface area contributed by atoms with Gasteiger partial charge in [-0.2, -0.15) is 0 Å². The molecule has 14 nitrogen and oxygen atoms in total. The zero-order valence-electron chi connectivity index (χ0n) is 58.0. The number of hydrogen-bond donors (Lipinski definition) is 5. The topological polar surface area (TPSA) is 223 Å². The number of hydrogen-bond acceptors (Lipinski definition) is 12. The number of allylic oxidation sites excluding steroid dienone is 6. The van der Waals surface area contributed by atoms with Gasteiger partial charge >= 0.3 is 17.9 Å². The van der Waals surface area contributed by atoms with Gasteiger partial charge < -0.3 is 39.6 Å². The molecule has 1 aromatic heterocycles. The average Bonchev–Trinajstić information content (AvgIpc) is 1.38. The summed E-state index contributed by atoms with van der Waals surface area (Å²) in [6.45, 7) is 21.0. The number of unbranched alkanes of at least 4 members (excludes halogenated alkanes) is 1. The zero-order valence-corrected chi connectivity index (χ0v) is 58.8. The molecule has 5 N–H and O–H groups in total. The molecule has 0 bridgehead atoms. The lowest BCUT2D eigenvalue weighted by atomic mass is 9.36. The van der Waals surface area contributed by atoms with E-state index < -0.39 is 88.1 Å². The highest BCUT2D eigenvalue weighted by Crippen LogP contribution is 2.75. The summed E-state index contributed by atoms with van der Waals surface area (Å²) >= 11 is 6.69. The Morgan fingerprint density at radius 1 is 0.802 bits per heavy atom. The minimum atomic E-state index is -2.03. The number of imidazole rings is 1. The lowest BCUT2D eigenvalue weighted by Crippen LogP contribution is -2.70. The monoisotopic (exact) mass is 1340 g/mol. The third-order valence-corrected chi connectivity index (χ3v) is 26.2. The fourth-order valence-electron chi connectivity index (χ4n) is 21.3. The predicted molar refractivity (Wildman–Crippen MR) is 368 cm³/mol. The molecular weight excluding hydrogens is 1240 g/mol. The molecule has 8 aliphatic rings. The highest BCUT2D eigenvalue weighted by molar-refractivity contribution is 6.31. The molecular formula is C80H102ClFN2O12. The molecule has 0 unspecified atom stereocenters. The van der Waals surface area contributed by atoms with E-state index in [1.165, 1.54) is 19.1 Å². The summed E-state index contributed by atoms with van der Waals surface area (Å²) < 4.78 is 31.3. The van der Waals surface area contributed by atoms with Crippen LogP contribution in [-0.2, 0) is 39.0 Å². The second-order valence-electron chi connectivity index (χ2n) is 30.8. The van der Waals surface area contributed by atoms with E-state index in [-0.39, 0.29) is 64.6 Å². The van der Waals surface area contributed by atoms with Crippen LogP contribution in [0.25, 0.3) is 0 Å². The minimum absolute atomic E-state index is 0.0474. The van der Waals surface area contributed by atoms with E-state index in [1.54, 1.807) is 19.2 Å². The van der Waals surface area contributed by atoms with Gasteiger partial charge in [-0.05, 0) is 185 Å². The number of Topliss-reactive ketones (excluding diaryl/α,β-unsaturated/α-hetero) is 1. The summed E-state index contributed by atoms with van der Waals surface area (Å²) in [5.74, 6) is -3.53. The number of benzene rings is 3. The number of aliphatic hydroxyl groups is 4. The molecule has 16 heteroatoms. The van der Waals surface area contributed by atoms with E-state index in [0.717, 1.165) is 65.0 Å². The Kier molecular flexibility index (Phi) is 20.9. The number of alkyl halides is 1. The zero-order chi connectivity index (χ0) is 69.7. The van der Waals surface area contributed by atoms with Crippen LogP contribution in [0.2, 0.25) is 5.02 Å². The number of carboxylic acid groups (broad SMARTS) is 1. The van der Waals surface area contributed by atoms with Gasteiger partial charge in [0.25, 0.3) is 0 Å². The molecule has 0 spiro atoms. The number of carbonyl (C=O) groups is 5. The lowest BCUT2D eigenvalue weighted by Gasteiger charge is -2.69. The number of aliphatic hydroxyl groups excluding tert-OH is 4. The first-order chi connectivity index (χ1) is 45.4. The fourth-order valence-corrected chi connectivity index (χ4v) is 21.6. The summed E-state index contributed by atoms with van der Waals surface area (Å²) in [5, 5.41) is 55.0. The number of ether oxygens (including phenoxy) is 2. The second-order valence-corrected chi connectivity index (χ2v) is 31.2. The Morgan fingerprint density at radius 2 is 1.46 bits per heavy atom. The SMILES string of the molecule is CC(=O)O[C@H]1C[C@@]2(C)[C@@H](C[C@@H](O)[C@H]3[C@@]4(C)CC[C@@H](O)[C@@H](C)[C@@H]4CC[C@@]32C)/C1=C(\CCC=C(C)C)C(=O)O.CCCCC(=O)O[C@]1(C(=O)CO)[C@@H](C)C[C@H]2[C@@H]3CCC4=CC(=O)C=C[C@]4(C)[C@@]3(F)[C@@H](O)C[C@@]21C.Clc1ccccc1C(c1ccccc1)(c1ccccc1)n1ccnc1. The first kappa shape index (κ1) is 72.4. The molecule has 3 aromatic carbocycles. The molecule has 0 radical (unpaired) electrons. The van der Waals surface area contributed by atoms with Crippen molar-refractivity contribution in [3.63, 3.8) is 0 Å². The summed E-state index contributed by atoms with van der Waals surface area (Å²) in [7, 11) is 0. The van der Waals surface area contributed by atoms with Gasteiger partial charge in [0.15, 0.2) is 17.1 Å². The number of carbonyl (C=O) groups excluding carboxylic acids is 4. The number of rotatable bonds is 15. The van der Waals surface area contributed by atoms with Crippen molar-refractivity contribution in [2.75, 3.05) is 6.61 Å². The van der Waals surface area contributed by atoms with Gasteiger partial charge in [0.05, 0.1) is 24.6 Å². The molecule has 7 saturated carbocycles. The predicted octanol–water partition coefficient (Wildman–Crippen LogP) is 14.7. The van der Waals surface area contributed by atoms with Crippen molar-refractivity contribution in [2.45, 2.75) is 214 Å². The molecule has 4 aromatic rings. The lowest BCUT2D eigenvalue weighted by molar-refractivity contribution is -0.234. The standard InChI is InChI=1S/C31H48O6.C27H37FO6.C22H17ClN2/c1-17(2)9-8-10-20(28(35)36)26-22-15-24(34)27-29(5)13-12-23(33)18(3)21(29)11-14-30(27,6)31(22,7)16-25(26)37-19(4)32;1-5-6-7-23(33)34-27(22(32)15-29)16(2)12-20-19-9-8-17-13-18(30)10-11-24(17,3)26(19,28)21(31)14-25(20,27)4;23-21-14-8-7-13-20(21)22(25-16-15-24-17-25,18-9-3-1-4-10-18)19-11-5-2-6-12-19/h9,18,21-25,27,33-34H,8,10-16H2,1-7H3,(H,35,36);10-11,13,16,19-21,29,31H,5-9,12,14-15H2,1-4H3;1-17H/b26-20-;;/t18-,21-,22-,23+,24+,25-,27-,29-,30-,31-;16-,19-,20-,21-,24-,25-,26-,27-;/m00./s1. The van der Waals surface area contributed by atoms with E-state index in [9.17, 15) is 49.5 Å². The smallest absolute Gasteiger partial charge is 0.331 e. The number of nitrogens with zero attached hydrogens (tertiary/aromatic N) is 2. The number of aliphatic carboxylic acids is 1. The van der Waals surface area contributed by atoms with E-state index in [0.29, 0.717) is 68.4 Å². The summed E-state index contributed by atoms with van der Waals surface area (Å²) in [6, 6.07) is 28.8. The number of aromatic nitrogens is 2. The van der Waals surface area contributed by atoms with E-state index in [1.807, 2.05) is 83.6 Å². The number of fused-ring (bicyclic) bond motifs is 10. The Labute approximate surface area is 571 Å². The highest BCUT2D eigenvalue weighted by atomic mass is 35.5. The summed E-state index contributed by atoms with van der Waals surface area (Å²) in [6.07, 6.45) is 17.8. The average molecular weight is 1340 g/mol. The highest BCUT2D eigenvalue weighted by Gasteiger charge is 2.77. The maximum absolute atomic E-state index is 17.3. The van der Waals surface area contributed by atoms with Crippen molar-refractivity contribution in [1.82, 2.24) is 9.55 Å². The third-order valence-electron chi connectivity index (χ3n) is 25.9. The van der Waals surface area contributed by atoms with Gasteiger partial charge in [-0.3, -0.25) is 19.2 Å². The van der Waals surface area contributed by atoms with E-state index >= 15 is 4.39 Å². The Balaban J connectivity index is 0.000000159. The number of carboxylic acids is 1. The van der Waals surface area contributed by atoms with Gasteiger partial charge in [-0.1, -0.05) is 169 Å². The van der Waals surface area contributed by atoms with Crippen LogP contribution in [0.4, 0.5) is 4.39 Å². The molecule has 0 saturated heterocycles. The van der Waals surface area contributed by atoms with Crippen LogP contribution in [-0.4, -0.2) is 107 Å². The van der Waals surface area contributed by atoms with Gasteiger partial charge in [-0.15, -0.1) is 0 Å². The van der Waals surface area contributed by atoms with Crippen LogP contribution in [0.15, 0.2) is 150 Å². The number of esters is 2. The summed E-state index contributed by atoms with van der Waals surface area (Å²) in [4.78, 5) is 67.3. The van der Waals surface area contributed by atoms with Crippen LogP contribution in [0.5, 0.6) is 0 Å². The molecule has 1 heterocycles. The first-order valence-electron chi connectivity index (χ1n) is 35.1. The second kappa shape index (κ2) is 27.7. The van der Waals surface area contributed by atoms with Crippen molar-refractivity contribution in [2.24, 2.45) is 68.5 Å². The first-order valence-corrected chi connectivity index (χ1v) is 35.4. The number of halogens is 2. The van der Waals surface area contributed by atoms with Crippen LogP contribution in [0, 0.1) is 68.5 Å². The van der Waals surface area contributed by atoms with Crippen molar-refractivity contribution < 1.29 is 63.4 Å². The van der Waals surface area contributed by atoms with Crippen molar-refractivity contribution in [1.29, 1.82) is 0 Å². The van der Waals surface area contributed by atoms with Gasteiger partial charge in [0.2, 0.25) is 5.78 Å². The molecule has 0 aliphatic heterocycles. The quantitative estimate of drug-likeness (QED) is 0.0324. The van der Waals surface area contributed by atoms with Crippen LogP contribution in [0.3, 0.4) is 0 Å². The van der Waals surface area contributed by atoms with Crippen molar-refractivity contribution in [3.8, 4) is 0 Å². The fraction of sp³-hybridized carbons (Fsp3) is 0.575. The van der Waals surface area contributed by atoms with Crippen molar-refractivity contribution >= 4 is 41.1 Å². The van der Waals surface area contributed by atoms with Crippen molar-refractivity contribution in [3.05, 3.63) is 172 Å². The molecule has 7 fully saturated rings. The molecule has 8 aliphatic carbocycles. The molecule has 12 rings (SSSR count). The Bertz CT molecular complexity index is 3620. The largest absolute Gasteiger partial charge is 0.478 e. The molecule has 18 atom stereocenters. The van der Waals surface area contributed by atoms with Crippen LogP contribution < -0.4 is 0 Å². The van der Waals surface area contributed by atoms with E-state index in [4.69, 9.17) is 21.1 Å². The Morgan fingerprint density at radius 3 is 2.05 bits per heavy atom. The van der Waals surface area contributed by atoms with Gasteiger partial charge in [0, 0.05) is 64.6 Å². The van der Waals surface area contributed by atoms with Gasteiger partial charge in [0.1, 0.15) is 18.2 Å². The molecule has 518 valence electrons. The maximum atomic E-state index is 17.3. The van der Waals surface area contributed by atoms with Crippen LogP contribution in [0.1, 0.15) is 189 Å². The molecule has 0 amide bonds. The number of ketones is 2. The normalized spacial score (nSPS) is 36.8. The summed E-state index contributed by atoms with van der Waals surface area (Å²) in [5.41, 5.74) is -0.839. The minimum Gasteiger partial charge on any atom is -0.478 e. The van der Waals surface area contributed by atoms with Gasteiger partial charge in [-0.25, -0.2) is 14.2 Å². The van der Waals surface area contributed by atoms with Crippen LogP contribution >= 0.6 is 11.6 Å².